The van der Waals surface area contributed by atoms with Gasteiger partial charge in [-0.05, 0) is 57.6 Å². The van der Waals surface area contributed by atoms with E-state index in [2.05, 4.69) is 44.4 Å². The Morgan fingerprint density at radius 2 is 1.76 bits per heavy atom. The lowest BCUT2D eigenvalue weighted by Gasteiger charge is -2.34. The van der Waals surface area contributed by atoms with Crippen LogP contribution in [0.15, 0.2) is 23.6 Å². The Balaban J connectivity index is 1.89. The Hall–Kier alpha value is -1.19. The molecule has 21 heavy (non-hydrogen) atoms. The third-order valence-electron chi connectivity index (χ3n) is 4.61. The van der Waals surface area contributed by atoms with Gasteiger partial charge in [0.15, 0.2) is 0 Å². The zero-order valence-electron chi connectivity index (χ0n) is 13.1. The van der Waals surface area contributed by atoms with Gasteiger partial charge in [0.1, 0.15) is 5.01 Å². The molecule has 0 amide bonds. The van der Waals surface area contributed by atoms with Crippen LogP contribution in [0, 0.1) is 19.8 Å². The zero-order chi connectivity index (χ0) is 15.0. The third kappa shape index (κ3) is 3.04. The molecule has 0 radical (unpaired) electrons. The first-order chi connectivity index (χ1) is 9.96. The van der Waals surface area contributed by atoms with E-state index in [0.717, 1.165) is 29.5 Å². The van der Waals surface area contributed by atoms with E-state index in [1.54, 1.807) is 11.3 Å². The van der Waals surface area contributed by atoms with Crippen LogP contribution in [0.5, 0.6) is 0 Å². The Morgan fingerprint density at radius 3 is 2.38 bits per heavy atom. The summed E-state index contributed by atoms with van der Waals surface area (Å²) in [5.74, 6) is 0.806. The highest BCUT2D eigenvalue weighted by Crippen LogP contribution is 2.39. The van der Waals surface area contributed by atoms with Gasteiger partial charge in [-0.3, -0.25) is 0 Å². The number of rotatable bonds is 2. The number of aromatic nitrogens is 1. The molecule has 2 nitrogen and oxygen atoms in total. The summed E-state index contributed by atoms with van der Waals surface area (Å²) in [6, 6.07) is 6.61. The molecule has 1 fully saturated rings. The van der Waals surface area contributed by atoms with Crippen LogP contribution in [0.3, 0.4) is 0 Å². The van der Waals surface area contributed by atoms with Crippen LogP contribution in [-0.2, 0) is 5.54 Å². The SMILES string of the molecule is Cc1cc(C)cc(-c2csc(C3(N)CCC(C)CC3)n2)c1. The first-order valence-corrected chi connectivity index (χ1v) is 8.68. The fourth-order valence-corrected chi connectivity index (χ4v) is 4.25. The maximum absolute atomic E-state index is 6.64. The minimum absolute atomic E-state index is 0.200. The highest BCUT2D eigenvalue weighted by Gasteiger charge is 2.34. The standard InChI is InChI=1S/C18H24N2S/c1-12-4-6-18(19,7-5-12)17-20-16(11-21-17)15-9-13(2)8-14(3)10-15/h8-12H,4-7,19H2,1-3H3. The fourth-order valence-electron chi connectivity index (χ4n) is 3.25. The van der Waals surface area contributed by atoms with Crippen molar-refractivity contribution in [1.29, 1.82) is 0 Å². The lowest BCUT2D eigenvalue weighted by atomic mass is 9.78. The van der Waals surface area contributed by atoms with Crippen LogP contribution in [0.2, 0.25) is 0 Å². The minimum atomic E-state index is -0.200. The molecule has 0 aliphatic heterocycles. The summed E-state index contributed by atoms with van der Waals surface area (Å²) >= 11 is 1.73. The van der Waals surface area contributed by atoms with E-state index in [0.29, 0.717) is 0 Å². The number of hydrogen-bond donors (Lipinski definition) is 1. The average Bonchev–Trinajstić information content (AvgIpc) is 2.92. The monoisotopic (exact) mass is 300 g/mol. The molecule has 0 spiro atoms. The Kier molecular flexibility index (Phi) is 3.89. The number of nitrogens with two attached hydrogens (primary N) is 1. The van der Waals surface area contributed by atoms with Crippen molar-refractivity contribution >= 4 is 11.3 Å². The second-order valence-electron chi connectivity index (χ2n) is 6.75. The van der Waals surface area contributed by atoms with E-state index in [1.807, 2.05) is 0 Å². The normalized spacial score (nSPS) is 26.0. The van der Waals surface area contributed by atoms with Gasteiger partial charge in [-0.2, -0.15) is 0 Å². The topological polar surface area (TPSA) is 38.9 Å². The summed E-state index contributed by atoms with van der Waals surface area (Å²) in [5.41, 5.74) is 11.3. The van der Waals surface area contributed by atoms with Gasteiger partial charge in [0.2, 0.25) is 0 Å². The number of benzene rings is 1. The van der Waals surface area contributed by atoms with Crippen molar-refractivity contribution in [3.05, 3.63) is 39.7 Å². The molecule has 1 aromatic carbocycles. The van der Waals surface area contributed by atoms with Crippen molar-refractivity contribution in [2.24, 2.45) is 11.7 Å². The maximum Gasteiger partial charge on any atom is 0.113 e. The van der Waals surface area contributed by atoms with Gasteiger partial charge in [-0.15, -0.1) is 11.3 Å². The predicted molar refractivity (Wildman–Crippen MR) is 90.5 cm³/mol. The third-order valence-corrected chi connectivity index (χ3v) is 5.68. The van der Waals surface area contributed by atoms with Crippen molar-refractivity contribution < 1.29 is 0 Å². The molecule has 1 aliphatic rings. The van der Waals surface area contributed by atoms with Gasteiger partial charge in [0, 0.05) is 10.9 Å². The molecule has 112 valence electrons. The van der Waals surface area contributed by atoms with Crippen LogP contribution < -0.4 is 5.73 Å². The Bertz CT molecular complexity index is 616. The van der Waals surface area contributed by atoms with E-state index in [-0.39, 0.29) is 5.54 Å². The quantitative estimate of drug-likeness (QED) is 0.866. The molecular formula is C18H24N2S. The van der Waals surface area contributed by atoms with Crippen molar-refractivity contribution in [2.45, 2.75) is 52.0 Å². The summed E-state index contributed by atoms with van der Waals surface area (Å²) in [6.07, 6.45) is 4.56. The molecule has 0 atom stereocenters. The number of thiazole rings is 1. The van der Waals surface area contributed by atoms with Crippen LogP contribution in [0.25, 0.3) is 11.3 Å². The van der Waals surface area contributed by atoms with Crippen LogP contribution >= 0.6 is 11.3 Å². The highest BCUT2D eigenvalue weighted by atomic mass is 32.1. The van der Waals surface area contributed by atoms with Gasteiger partial charge in [-0.1, -0.05) is 24.1 Å². The van der Waals surface area contributed by atoms with Crippen molar-refractivity contribution in [1.82, 2.24) is 4.98 Å². The first kappa shape index (κ1) is 14.7. The smallest absolute Gasteiger partial charge is 0.113 e. The van der Waals surface area contributed by atoms with E-state index in [4.69, 9.17) is 10.7 Å². The molecule has 0 bridgehead atoms. The van der Waals surface area contributed by atoms with Crippen molar-refractivity contribution in [3.8, 4) is 11.3 Å². The zero-order valence-corrected chi connectivity index (χ0v) is 14.0. The number of aryl methyl sites for hydroxylation is 2. The molecule has 0 unspecified atom stereocenters. The van der Waals surface area contributed by atoms with E-state index in [1.165, 1.54) is 29.5 Å². The molecule has 0 saturated heterocycles. The van der Waals surface area contributed by atoms with E-state index in [9.17, 15) is 0 Å². The molecule has 2 aromatic rings. The second kappa shape index (κ2) is 5.54. The first-order valence-electron chi connectivity index (χ1n) is 7.80. The summed E-state index contributed by atoms with van der Waals surface area (Å²) in [6.45, 7) is 6.59. The average molecular weight is 300 g/mol. The summed E-state index contributed by atoms with van der Waals surface area (Å²) in [5, 5.41) is 3.28. The van der Waals surface area contributed by atoms with Crippen LogP contribution in [-0.4, -0.2) is 4.98 Å². The Morgan fingerprint density at radius 1 is 1.14 bits per heavy atom. The fraction of sp³-hybridized carbons (Fsp3) is 0.500. The number of nitrogens with zero attached hydrogens (tertiary/aromatic N) is 1. The molecule has 3 heteroatoms. The van der Waals surface area contributed by atoms with E-state index >= 15 is 0 Å². The molecule has 2 N–H and O–H groups in total. The molecular weight excluding hydrogens is 276 g/mol. The summed E-state index contributed by atoms with van der Waals surface area (Å²) in [7, 11) is 0. The van der Waals surface area contributed by atoms with Gasteiger partial charge in [0.25, 0.3) is 0 Å². The van der Waals surface area contributed by atoms with Gasteiger partial charge < -0.3 is 5.73 Å². The van der Waals surface area contributed by atoms with Gasteiger partial charge in [-0.25, -0.2) is 4.98 Å². The Labute approximate surface area is 131 Å². The molecule has 3 rings (SSSR count). The van der Waals surface area contributed by atoms with Gasteiger partial charge >= 0.3 is 0 Å². The molecule has 1 saturated carbocycles. The molecule has 1 heterocycles. The number of hydrogen-bond acceptors (Lipinski definition) is 3. The molecule has 1 aromatic heterocycles. The van der Waals surface area contributed by atoms with Crippen molar-refractivity contribution in [2.75, 3.05) is 0 Å². The largest absolute Gasteiger partial charge is 0.319 e. The van der Waals surface area contributed by atoms with Crippen LogP contribution in [0.1, 0.15) is 48.7 Å². The second-order valence-corrected chi connectivity index (χ2v) is 7.61. The maximum atomic E-state index is 6.64. The predicted octanol–water partition coefficient (Wildman–Crippen LogP) is 4.79. The summed E-state index contributed by atoms with van der Waals surface area (Å²) in [4.78, 5) is 4.88. The van der Waals surface area contributed by atoms with E-state index < -0.39 is 0 Å². The van der Waals surface area contributed by atoms with Gasteiger partial charge in [0.05, 0.1) is 11.2 Å². The lowest BCUT2D eigenvalue weighted by Crippen LogP contribution is -2.40. The minimum Gasteiger partial charge on any atom is -0.319 e. The molecule has 1 aliphatic carbocycles. The van der Waals surface area contributed by atoms with Crippen LogP contribution in [0.4, 0.5) is 0 Å². The van der Waals surface area contributed by atoms with Crippen molar-refractivity contribution in [3.63, 3.8) is 0 Å². The summed E-state index contributed by atoms with van der Waals surface area (Å²) < 4.78 is 0. The highest BCUT2D eigenvalue weighted by molar-refractivity contribution is 7.10. The lowest BCUT2D eigenvalue weighted by molar-refractivity contribution is 0.247.